The summed E-state index contributed by atoms with van der Waals surface area (Å²) in [4.78, 5) is 36.9. The van der Waals surface area contributed by atoms with Gasteiger partial charge in [0.05, 0.1) is 0 Å². The van der Waals surface area contributed by atoms with Gasteiger partial charge >= 0.3 is 5.69 Å². The van der Waals surface area contributed by atoms with E-state index in [1.807, 2.05) is 6.92 Å². The minimum Gasteiger partial charge on any atom is -0.370 e. The number of amides is 1. The SMILES string of the molecule is CCNc1c(N(C)C=O)c(=O)[nH]c(=O)n1C. The molecule has 16 heavy (non-hydrogen) atoms. The van der Waals surface area contributed by atoms with Gasteiger partial charge in [0, 0.05) is 20.6 Å². The maximum atomic E-state index is 11.6. The van der Waals surface area contributed by atoms with Gasteiger partial charge in [-0.25, -0.2) is 4.79 Å². The van der Waals surface area contributed by atoms with Crippen molar-refractivity contribution in [2.24, 2.45) is 7.05 Å². The number of anilines is 2. The minimum atomic E-state index is -0.589. The monoisotopic (exact) mass is 226 g/mol. The lowest BCUT2D eigenvalue weighted by atomic mass is 10.4. The fourth-order valence-electron chi connectivity index (χ4n) is 1.36. The zero-order chi connectivity index (χ0) is 12.3. The first-order valence-electron chi connectivity index (χ1n) is 4.78. The van der Waals surface area contributed by atoms with Crippen molar-refractivity contribution in [1.29, 1.82) is 0 Å². The number of H-pyrrole nitrogens is 1. The van der Waals surface area contributed by atoms with Crippen molar-refractivity contribution in [3.63, 3.8) is 0 Å². The van der Waals surface area contributed by atoms with E-state index in [9.17, 15) is 14.4 Å². The van der Waals surface area contributed by atoms with Crippen LogP contribution in [0.1, 0.15) is 6.92 Å². The van der Waals surface area contributed by atoms with E-state index in [-0.39, 0.29) is 5.69 Å². The normalized spacial score (nSPS) is 9.94. The highest BCUT2D eigenvalue weighted by atomic mass is 16.2. The molecule has 0 saturated heterocycles. The van der Waals surface area contributed by atoms with Gasteiger partial charge in [0.2, 0.25) is 6.41 Å². The van der Waals surface area contributed by atoms with E-state index in [1.165, 1.54) is 18.7 Å². The lowest BCUT2D eigenvalue weighted by Crippen LogP contribution is -2.35. The molecule has 88 valence electrons. The lowest BCUT2D eigenvalue weighted by Gasteiger charge is -2.17. The summed E-state index contributed by atoms with van der Waals surface area (Å²) in [6.45, 7) is 2.37. The van der Waals surface area contributed by atoms with Crippen molar-refractivity contribution in [2.75, 3.05) is 23.8 Å². The minimum absolute atomic E-state index is 0.124. The third-order valence-electron chi connectivity index (χ3n) is 2.15. The van der Waals surface area contributed by atoms with Gasteiger partial charge < -0.3 is 10.2 Å². The molecule has 1 rings (SSSR count). The number of rotatable bonds is 4. The van der Waals surface area contributed by atoms with Crippen LogP contribution in [-0.4, -0.2) is 29.6 Å². The van der Waals surface area contributed by atoms with Crippen molar-refractivity contribution in [2.45, 2.75) is 6.92 Å². The van der Waals surface area contributed by atoms with Crippen molar-refractivity contribution < 1.29 is 4.79 Å². The molecule has 7 heteroatoms. The molecule has 2 N–H and O–H groups in total. The maximum absolute atomic E-state index is 11.6. The van der Waals surface area contributed by atoms with Gasteiger partial charge in [0.25, 0.3) is 5.56 Å². The molecule has 0 bridgehead atoms. The largest absolute Gasteiger partial charge is 0.370 e. The molecular formula is C9H14N4O3. The van der Waals surface area contributed by atoms with Gasteiger partial charge in [-0.2, -0.15) is 0 Å². The molecule has 0 spiro atoms. The molecule has 7 nitrogen and oxygen atoms in total. The lowest BCUT2D eigenvalue weighted by molar-refractivity contribution is -0.107. The summed E-state index contributed by atoms with van der Waals surface area (Å²) in [5.41, 5.74) is -0.989. The fourth-order valence-corrected chi connectivity index (χ4v) is 1.36. The van der Waals surface area contributed by atoms with Crippen molar-refractivity contribution in [3.8, 4) is 0 Å². The number of hydrogen-bond acceptors (Lipinski definition) is 4. The van der Waals surface area contributed by atoms with E-state index >= 15 is 0 Å². The van der Waals surface area contributed by atoms with E-state index < -0.39 is 11.2 Å². The first-order chi connectivity index (χ1) is 7.52. The van der Waals surface area contributed by atoms with Crippen LogP contribution in [0.2, 0.25) is 0 Å². The fraction of sp³-hybridized carbons (Fsp3) is 0.444. The Morgan fingerprint density at radius 3 is 2.62 bits per heavy atom. The van der Waals surface area contributed by atoms with E-state index in [0.29, 0.717) is 18.8 Å². The van der Waals surface area contributed by atoms with Crippen LogP contribution in [0, 0.1) is 0 Å². The van der Waals surface area contributed by atoms with Crippen LogP contribution < -0.4 is 21.5 Å². The molecule has 0 atom stereocenters. The number of hydrogen-bond donors (Lipinski definition) is 2. The number of nitrogens with one attached hydrogen (secondary N) is 2. The number of carbonyl (C=O) groups excluding carboxylic acids is 1. The molecule has 0 saturated carbocycles. The molecule has 1 heterocycles. The summed E-state index contributed by atoms with van der Waals surface area (Å²) < 4.78 is 1.25. The van der Waals surface area contributed by atoms with Gasteiger partial charge in [0.1, 0.15) is 5.82 Å². The second-order valence-electron chi connectivity index (χ2n) is 3.26. The molecule has 0 unspecified atom stereocenters. The molecule has 0 fully saturated rings. The third-order valence-corrected chi connectivity index (χ3v) is 2.15. The van der Waals surface area contributed by atoms with E-state index in [0.717, 1.165) is 4.90 Å². The first-order valence-corrected chi connectivity index (χ1v) is 4.78. The summed E-state index contributed by atoms with van der Waals surface area (Å²) in [5, 5.41) is 2.88. The Bertz CT molecular complexity index is 502. The highest BCUT2D eigenvalue weighted by Crippen LogP contribution is 2.15. The maximum Gasteiger partial charge on any atom is 0.329 e. The Kier molecular flexibility index (Phi) is 3.49. The van der Waals surface area contributed by atoms with E-state index in [2.05, 4.69) is 10.3 Å². The van der Waals surface area contributed by atoms with Crippen LogP contribution in [-0.2, 0) is 11.8 Å². The second kappa shape index (κ2) is 4.65. The Balaban J connectivity index is 3.56. The van der Waals surface area contributed by atoms with Gasteiger partial charge in [-0.1, -0.05) is 0 Å². The smallest absolute Gasteiger partial charge is 0.329 e. The quantitative estimate of drug-likeness (QED) is 0.651. The van der Waals surface area contributed by atoms with Gasteiger partial charge in [-0.15, -0.1) is 0 Å². The van der Waals surface area contributed by atoms with Crippen LogP contribution in [0.15, 0.2) is 9.59 Å². The van der Waals surface area contributed by atoms with Crippen molar-refractivity contribution in [3.05, 3.63) is 20.8 Å². The Morgan fingerprint density at radius 2 is 2.12 bits per heavy atom. The van der Waals surface area contributed by atoms with Crippen LogP contribution in [0.3, 0.4) is 0 Å². The van der Waals surface area contributed by atoms with E-state index in [4.69, 9.17) is 0 Å². The van der Waals surface area contributed by atoms with Gasteiger partial charge in [-0.05, 0) is 6.92 Å². The average Bonchev–Trinajstić information content (AvgIpc) is 2.25. The molecule has 0 aliphatic rings. The number of carbonyl (C=O) groups is 1. The topological polar surface area (TPSA) is 87.2 Å². The average molecular weight is 226 g/mol. The molecular weight excluding hydrogens is 212 g/mol. The Hall–Kier alpha value is -2.05. The van der Waals surface area contributed by atoms with E-state index in [1.54, 1.807) is 0 Å². The predicted molar refractivity (Wildman–Crippen MR) is 60.9 cm³/mol. The summed E-state index contributed by atoms with van der Waals surface area (Å²) >= 11 is 0. The molecule has 0 aliphatic carbocycles. The van der Waals surface area contributed by atoms with Crippen LogP contribution >= 0.6 is 0 Å². The Morgan fingerprint density at radius 1 is 1.50 bits per heavy atom. The third kappa shape index (κ3) is 1.97. The summed E-state index contributed by atoms with van der Waals surface area (Å²) in [6, 6.07) is 0. The summed E-state index contributed by atoms with van der Waals surface area (Å²) in [7, 11) is 2.96. The predicted octanol–water partition coefficient (Wildman–Crippen LogP) is -0.902. The first kappa shape index (κ1) is 12.0. The number of nitrogens with zero attached hydrogens (tertiary/aromatic N) is 2. The molecule has 1 amide bonds. The number of aromatic nitrogens is 2. The van der Waals surface area contributed by atoms with Crippen molar-refractivity contribution in [1.82, 2.24) is 9.55 Å². The zero-order valence-corrected chi connectivity index (χ0v) is 9.40. The molecule has 1 aromatic heterocycles. The number of aromatic amines is 1. The molecule has 1 aromatic rings. The Labute approximate surface area is 91.7 Å². The van der Waals surface area contributed by atoms with Gasteiger partial charge in [0.15, 0.2) is 5.69 Å². The highest BCUT2D eigenvalue weighted by Gasteiger charge is 2.15. The van der Waals surface area contributed by atoms with Crippen LogP contribution in [0.5, 0.6) is 0 Å². The van der Waals surface area contributed by atoms with Crippen LogP contribution in [0.4, 0.5) is 11.5 Å². The van der Waals surface area contributed by atoms with Crippen molar-refractivity contribution >= 4 is 17.9 Å². The summed E-state index contributed by atoms with van der Waals surface area (Å²) in [6.07, 6.45) is 0.510. The molecule has 0 aliphatic heterocycles. The summed E-state index contributed by atoms with van der Waals surface area (Å²) in [5.74, 6) is 0.325. The molecule has 0 aromatic carbocycles. The standard InChI is InChI=1S/C9H14N4O3/c1-4-10-7-6(12(2)5-14)8(15)11-9(16)13(7)3/h5,10H,4H2,1-3H3,(H,11,15,16). The van der Waals surface area contributed by atoms with Crippen LogP contribution in [0.25, 0.3) is 0 Å². The second-order valence-corrected chi connectivity index (χ2v) is 3.26. The molecule has 0 radical (unpaired) electrons. The highest BCUT2D eigenvalue weighted by molar-refractivity contribution is 5.80. The van der Waals surface area contributed by atoms with Gasteiger partial charge in [-0.3, -0.25) is 19.1 Å². The zero-order valence-electron chi connectivity index (χ0n) is 9.40.